The van der Waals surface area contributed by atoms with Gasteiger partial charge in [0.1, 0.15) is 11.3 Å². The second-order valence-corrected chi connectivity index (χ2v) is 8.81. The van der Waals surface area contributed by atoms with Crippen LogP contribution in [0.3, 0.4) is 0 Å². The summed E-state index contributed by atoms with van der Waals surface area (Å²) in [6, 6.07) is 4.96. The predicted molar refractivity (Wildman–Crippen MR) is 113 cm³/mol. The summed E-state index contributed by atoms with van der Waals surface area (Å²) in [5.41, 5.74) is 3.50. The third-order valence-electron chi connectivity index (χ3n) is 5.79. The van der Waals surface area contributed by atoms with Crippen LogP contribution in [0.5, 0.6) is 0 Å². The van der Waals surface area contributed by atoms with Crippen LogP contribution in [-0.2, 0) is 6.54 Å². The Morgan fingerprint density at radius 3 is 2.42 bits per heavy atom. The topological polar surface area (TPSA) is 103 Å². The van der Waals surface area contributed by atoms with Gasteiger partial charge in [0, 0.05) is 29.0 Å². The average Bonchev–Trinajstić information content (AvgIpc) is 3.44. The molecule has 0 radical (unpaired) electrons. The van der Waals surface area contributed by atoms with E-state index in [1.807, 2.05) is 21.4 Å². The van der Waals surface area contributed by atoms with Crippen molar-refractivity contribution in [1.82, 2.24) is 14.3 Å². The quantitative estimate of drug-likeness (QED) is 0.523. The standard InChI is InChI=1S/C23H21N3O5/c1-23(2,3)18-10-26-21(16-8-17(27)15(22(28)29)9-25(16)18)19(13-4-6-30-11-13)20(24-26)14-5-7-31-12-14/h4-9,11-12,18H,10H2,1-3H3,(H,28,29)/t18-/m0/s1. The zero-order valence-electron chi connectivity index (χ0n) is 17.3. The van der Waals surface area contributed by atoms with Crippen LogP contribution in [0.2, 0.25) is 0 Å². The van der Waals surface area contributed by atoms with Crippen molar-refractivity contribution in [2.75, 3.05) is 0 Å². The van der Waals surface area contributed by atoms with E-state index in [9.17, 15) is 14.7 Å². The van der Waals surface area contributed by atoms with Gasteiger partial charge in [0.05, 0.1) is 49.0 Å². The van der Waals surface area contributed by atoms with Crippen molar-refractivity contribution in [2.45, 2.75) is 33.4 Å². The smallest absolute Gasteiger partial charge is 0.341 e. The van der Waals surface area contributed by atoms with Crippen LogP contribution in [0.25, 0.3) is 33.8 Å². The molecule has 4 aromatic heterocycles. The fraction of sp³-hybridized carbons (Fsp3) is 0.261. The lowest BCUT2D eigenvalue weighted by molar-refractivity contribution is 0.0693. The molecule has 0 spiro atoms. The van der Waals surface area contributed by atoms with Gasteiger partial charge >= 0.3 is 5.97 Å². The van der Waals surface area contributed by atoms with E-state index < -0.39 is 11.4 Å². The van der Waals surface area contributed by atoms with E-state index in [0.717, 1.165) is 22.4 Å². The molecule has 0 saturated heterocycles. The lowest BCUT2D eigenvalue weighted by Gasteiger charge is -2.38. The Morgan fingerprint density at radius 2 is 1.84 bits per heavy atom. The fourth-order valence-electron chi connectivity index (χ4n) is 4.24. The van der Waals surface area contributed by atoms with Gasteiger partial charge in [-0.05, 0) is 17.5 Å². The second kappa shape index (κ2) is 6.60. The molecule has 1 aliphatic rings. The molecule has 0 aromatic carbocycles. The number of hydrogen-bond donors (Lipinski definition) is 1. The van der Waals surface area contributed by atoms with Crippen LogP contribution in [0, 0.1) is 5.41 Å². The Kier molecular flexibility index (Phi) is 4.08. The summed E-state index contributed by atoms with van der Waals surface area (Å²) in [5, 5.41) is 14.4. The summed E-state index contributed by atoms with van der Waals surface area (Å²) in [6.45, 7) is 6.78. The normalized spacial score (nSPS) is 15.5. The Balaban J connectivity index is 1.87. The predicted octanol–water partition coefficient (Wildman–Crippen LogP) is 4.53. The van der Waals surface area contributed by atoms with Gasteiger partial charge in [-0.15, -0.1) is 0 Å². The maximum atomic E-state index is 12.7. The molecule has 5 heterocycles. The highest BCUT2D eigenvalue weighted by atomic mass is 16.4. The van der Waals surface area contributed by atoms with Crippen LogP contribution < -0.4 is 5.43 Å². The van der Waals surface area contributed by atoms with Crippen LogP contribution in [0.4, 0.5) is 0 Å². The highest BCUT2D eigenvalue weighted by Gasteiger charge is 2.37. The molecule has 158 valence electrons. The Morgan fingerprint density at radius 1 is 1.16 bits per heavy atom. The van der Waals surface area contributed by atoms with Crippen LogP contribution in [0.1, 0.15) is 37.2 Å². The number of rotatable bonds is 3. The Labute approximate surface area is 177 Å². The van der Waals surface area contributed by atoms with Gasteiger partial charge in [0.15, 0.2) is 5.43 Å². The molecule has 0 fully saturated rings. The number of hydrogen-bond acceptors (Lipinski definition) is 5. The van der Waals surface area contributed by atoms with Crippen LogP contribution >= 0.6 is 0 Å². The zero-order valence-corrected chi connectivity index (χ0v) is 17.3. The van der Waals surface area contributed by atoms with E-state index in [2.05, 4.69) is 20.8 Å². The minimum absolute atomic E-state index is 0.108. The van der Waals surface area contributed by atoms with Crippen LogP contribution in [0.15, 0.2) is 63.1 Å². The first-order chi connectivity index (χ1) is 14.8. The van der Waals surface area contributed by atoms with Crippen molar-refractivity contribution in [3.63, 3.8) is 0 Å². The van der Waals surface area contributed by atoms with Gasteiger partial charge in [-0.25, -0.2) is 4.79 Å². The number of nitrogens with zero attached hydrogens (tertiary/aromatic N) is 3. The van der Waals surface area contributed by atoms with E-state index >= 15 is 0 Å². The summed E-state index contributed by atoms with van der Waals surface area (Å²) in [4.78, 5) is 24.3. The number of carboxylic acids is 1. The number of aromatic nitrogens is 3. The second-order valence-electron chi connectivity index (χ2n) is 8.81. The molecule has 1 N–H and O–H groups in total. The van der Waals surface area contributed by atoms with E-state index in [4.69, 9.17) is 13.9 Å². The van der Waals surface area contributed by atoms with Crippen molar-refractivity contribution in [2.24, 2.45) is 5.41 Å². The monoisotopic (exact) mass is 419 g/mol. The third-order valence-corrected chi connectivity index (χ3v) is 5.79. The molecule has 5 rings (SSSR count). The Bertz CT molecular complexity index is 1340. The molecule has 31 heavy (non-hydrogen) atoms. The van der Waals surface area contributed by atoms with Crippen molar-refractivity contribution >= 4 is 5.97 Å². The minimum Gasteiger partial charge on any atom is -0.477 e. The van der Waals surface area contributed by atoms with Gasteiger partial charge in [-0.1, -0.05) is 20.8 Å². The summed E-state index contributed by atoms with van der Waals surface area (Å²) in [6.07, 6.45) is 7.89. The maximum Gasteiger partial charge on any atom is 0.341 e. The van der Waals surface area contributed by atoms with E-state index in [0.29, 0.717) is 17.9 Å². The number of aromatic carboxylic acids is 1. The molecule has 8 nitrogen and oxygen atoms in total. The molecule has 0 aliphatic carbocycles. The summed E-state index contributed by atoms with van der Waals surface area (Å²) in [5.74, 6) is -1.24. The molecule has 1 aliphatic heterocycles. The number of carbonyl (C=O) groups is 1. The first-order valence-electron chi connectivity index (χ1n) is 9.91. The minimum atomic E-state index is -1.24. The van der Waals surface area contributed by atoms with Gasteiger partial charge in [0.2, 0.25) is 0 Å². The molecular weight excluding hydrogens is 398 g/mol. The average molecular weight is 419 g/mol. The molecule has 0 saturated carbocycles. The van der Waals surface area contributed by atoms with Gasteiger partial charge in [-0.3, -0.25) is 9.48 Å². The number of furan rings is 2. The summed E-state index contributed by atoms with van der Waals surface area (Å²) < 4.78 is 14.4. The third kappa shape index (κ3) is 2.94. The lowest BCUT2D eigenvalue weighted by Crippen LogP contribution is -2.35. The van der Waals surface area contributed by atoms with Crippen molar-refractivity contribution < 1.29 is 18.7 Å². The van der Waals surface area contributed by atoms with Crippen molar-refractivity contribution in [3.05, 3.63) is 65.2 Å². The first-order valence-corrected chi connectivity index (χ1v) is 9.91. The van der Waals surface area contributed by atoms with E-state index in [-0.39, 0.29) is 17.0 Å². The van der Waals surface area contributed by atoms with Gasteiger partial charge in [-0.2, -0.15) is 5.10 Å². The number of fused-ring (bicyclic) bond motifs is 3. The molecular formula is C23H21N3O5. The largest absolute Gasteiger partial charge is 0.477 e. The SMILES string of the molecule is CC(C)(C)[C@@H]1Cn2nc(-c3ccoc3)c(-c3ccoc3)c2-c2cc(=O)c(C(=O)O)cn21. The Hall–Kier alpha value is -3.81. The first kappa shape index (κ1) is 19.2. The highest BCUT2D eigenvalue weighted by Crippen LogP contribution is 2.46. The van der Waals surface area contributed by atoms with Crippen LogP contribution in [-0.4, -0.2) is 25.4 Å². The highest BCUT2D eigenvalue weighted by molar-refractivity contribution is 5.92. The van der Waals surface area contributed by atoms with Gasteiger partial charge < -0.3 is 18.5 Å². The molecule has 0 bridgehead atoms. The maximum absolute atomic E-state index is 12.7. The molecule has 8 heteroatoms. The summed E-state index contributed by atoms with van der Waals surface area (Å²) in [7, 11) is 0. The van der Waals surface area contributed by atoms with E-state index in [1.165, 1.54) is 12.3 Å². The fourth-order valence-corrected chi connectivity index (χ4v) is 4.24. The van der Waals surface area contributed by atoms with Crippen molar-refractivity contribution in [3.8, 4) is 33.8 Å². The zero-order chi connectivity index (χ0) is 21.9. The lowest BCUT2D eigenvalue weighted by atomic mass is 9.84. The summed E-state index contributed by atoms with van der Waals surface area (Å²) >= 11 is 0. The van der Waals surface area contributed by atoms with Crippen molar-refractivity contribution in [1.29, 1.82) is 0 Å². The number of carboxylic acid groups (broad SMARTS) is 1. The van der Waals surface area contributed by atoms with E-state index in [1.54, 1.807) is 25.1 Å². The molecule has 1 atom stereocenters. The number of pyridine rings is 1. The molecule has 0 unspecified atom stereocenters. The molecule has 0 amide bonds. The molecule has 4 aromatic rings. The van der Waals surface area contributed by atoms with Gasteiger partial charge in [0.25, 0.3) is 0 Å².